The van der Waals surface area contributed by atoms with E-state index in [0.29, 0.717) is 17.9 Å². The number of rotatable bonds is 9. The molecule has 7 heteroatoms. The van der Waals surface area contributed by atoms with E-state index in [-0.39, 0.29) is 0 Å². The van der Waals surface area contributed by atoms with Gasteiger partial charge in [0.05, 0.1) is 12.0 Å². The average molecular weight is 432 g/mol. The van der Waals surface area contributed by atoms with Gasteiger partial charge in [0.15, 0.2) is 0 Å². The Morgan fingerprint density at radius 1 is 0.900 bits per heavy atom. The van der Waals surface area contributed by atoms with Crippen molar-refractivity contribution in [3.63, 3.8) is 0 Å². The maximum Gasteiger partial charge on any atom is 0.351 e. The molecule has 1 atom stereocenters. The minimum Gasteiger partial charge on any atom is -0.497 e. The smallest absolute Gasteiger partial charge is 0.351 e. The Morgan fingerprint density at radius 2 is 1.47 bits per heavy atom. The van der Waals surface area contributed by atoms with Crippen molar-refractivity contribution in [1.29, 1.82) is 0 Å². The molecule has 4 nitrogen and oxygen atoms in total. The van der Waals surface area contributed by atoms with Crippen molar-refractivity contribution in [2.45, 2.75) is 29.2 Å². The SMILES string of the molecule is COc1ccc(CN[C@H](CC(F)(F)S(=O)(=O)c2ccccc2)c2ccccc2)cc1. The second-order valence-corrected chi connectivity index (χ2v) is 8.93. The van der Waals surface area contributed by atoms with Crippen LogP contribution in [0.5, 0.6) is 5.75 Å². The van der Waals surface area contributed by atoms with E-state index in [0.717, 1.165) is 5.56 Å². The first-order valence-corrected chi connectivity index (χ1v) is 10.9. The van der Waals surface area contributed by atoms with Crippen molar-refractivity contribution >= 4 is 9.84 Å². The van der Waals surface area contributed by atoms with Crippen LogP contribution in [0.1, 0.15) is 23.6 Å². The number of halogens is 2. The topological polar surface area (TPSA) is 55.4 Å². The summed E-state index contributed by atoms with van der Waals surface area (Å²) in [6.07, 6.45) is -0.885. The largest absolute Gasteiger partial charge is 0.497 e. The van der Waals surface area contributed by atoms with E-state index in [1.165, 1.54) is 24.3 Å². The molecule has 0 unspecified atom stereocenters. The summed E-state index contributed by atoms with van der Waals surface area (Å²) >= 11 is 0. The molecule has 3 rings (SSSR count). The van der Waals surface area contributed by atoms with Crippen LogP contribution in [0.2, 0.25) is 0 Å². The highest BCUT2D eigenvalue weighted by molar-refractivity contribution is 7.92. The summed E-state index contributed by atoms with van der Waals surface area (Å²) in [6.45, 7) is 0.297. The van der Waals surface area contributed by atoms with Gasteiger partial charge in [-0.25, -0.2) is 8.42 Å². The predicted molar refractivity (Wildman–Crippen MR) is 112 cm³/mol. The van der Waals surface area contributed by atoms with Crippen molar-refractivity contribution in [3.8, 4) is 5.75 Å². The maximum absolute atomic E-state index is 15.0. The fourth-order valence-corrected chi connectivity index (χ4v) is 4.34. The third kappa shape index (κ3) is 5.04. The summed E-state index contributed by atoms with van der Waals surface area (Å²) in [5.74, 6) is 0.693. The Kier molecular flexibility index (Phi) is 6.84. The van der Waals surface area contributed by atoms with Crippen LogP contribution in [0.4, 0.5) is 8.78 Å². The van der Waals surface area contributed by atoms with Gasteiger partial charge in [0.25, 0.3) is 0 Å². The molecule has 0 saturated carbocycles. The van der Waals surface area contributed by atoms with Crippen LogP contribution in [0.25, 0.3) is 0 Å². The molecule has 0 spiro atoms. The number of ether oxygens (including phenoxy) is 1. The first kappa shape index (κ1) is 21.9. The lowest BCUT2D eigenvalue weighted by Gasteiger charge is -2.25. The highest BCUT2D eigenvalue weighted by atomic mass is 32.2. The van der Waals surface area contributed by atoms with Crippen molar-refractivity contribution in [1.82, 2.24) is 5.32 Å². The van der Waals surface area contributed by atoms with Crippen LogP contribution in [0.15, 0.2) is 89.8 Å². The molecular weight excluding hydrogens is 408 g/mol. The monoisotopic (exact) mass is 431 g/mol. The molecule has 0 aliphatic carbocycles. The van der Waals surface area contributed by atoms with Crippen molar-refractivity contribution in [2.24, 2.45) is 0 Å². The number of benzene rings is 3. The van der Waals surface area contributed by atoms with Gasteiger partial charge in [0.2, 0.25) is 9.84 Å². The Balaban J connectivity index is 1.83. The van der Waals surface area contributed by atoms with E-state index in [1.54, 1.807) is 55.6 Å². The summed E-state index contributed by atoms with van der Waals surface area (Å²) in [4.78, 5) is -0.392. The lowest BCUT2D eigenvalue weighted by atomic mass is 10.0. The van der Waals surface area contributed by atoms with Crippen LogP contribution in [0.3, 0.4) is 0 Å². The van der Waals surface area contributed by atoms with E-state index >= 15 is 8.78 Å². The van der Waals surface area contributed by atoms with Gasteiger partial charge in [-0.05, 0) is 35.4 Å². The molecule has 3 aromatic rings. The summed E-state index contributed by atoms with van der Waals surface area (Å²) in [5.41, 5.74) is 1.46. The molecule has 0 saturated heterocycles. The summed E-state index contributed by atoms with van der Waals surface area (Å²) in [6, 6.07) is 21.8. The van der Waals surface area contributed by atoms with Crippen LogP contribution in [-0.2, 0) is 16.4 Å². The van der Waals surface area contributed by atoms with E-state index in [4.69, 9.17) is 4.74 Å². The summed E-state index contributed by atoms with van der Waals surface area (Å²) in [7, 11) is -3.26. The molecule has 0 aromatic heterocycles. The zero-order chi connectivity index (χ0) is 21.6. The highest BCUT2D eigenvalue weighted by Gasteiger charge is 2.47. The van der Waals surface area contributed by atoms with Gasteiger partial charge in [-0.3, -0.25) is 0 Å². The summed E-state index contributed by atoms with van der Waals surface area (Å²) < 4.78 is 60.3. The Bertz CT molecular complexity index is 1040. The number of hydrogen-bond acceptors (Lipinski definition) is 4. The van der Waals surface area contributed by atoms with Gasteiger partial charge >= 0.3 is 5.25 Å². The number of nitrogens with one attached hydrogen (secondary N) is 1. The molecule has 0 bridgehead atoms. The van der Waals surface area contributed by atoms with Gasteiger partial charge in [0, 0.05) is 19.0 Å². The number of hydrogen-bond donors (Lipinski definition) is 1. The van der Waals surface area contributed by atoms with Gasteiger partial charge in [0.1, 0.15) is 5.75 Å². The molecule has 0 amide bonds. The van der Waals surface area contributed by atoms with Crippen molar-refractivity contribution in [3.05, 3.63) is 96.1 Å². The van der Waals surface area contributed by atoms with Gasteiger partial charge in [-0.15, -0.1) is 0 Å². The Labute approximate surface area is 175 Å². The zero-order valence-electron chi connectivity index (χ0n) is 16.5. The first-order valence-electron chi connectivity index (χ1n) is 9.42. The lowest BCUT2D eigenvalue weighted by Crippen LogP contribution is -2.35. The highest BCUT2D eigenvalue weighted by Crippen LogP contribution is 2.37. The quantitative estimate of drug-likeness (QED) is 0.519. The minimum atomic E-state index is -4.82. The second-order valence-electron chi connectivity index (χ2n) is 6.85. The van der Waals surface area contributed by atoms with Crippen LogP contribution < -0.4 is 10.1 Å². The summed E-state index contributed by atoms with van der Waals surface area (Å²) in [5, 5.41) is -0.858. The van der Waals surface area contributed by atoms with Crippen LogP contribution in [0, 0.1) is 0 Å². The van der Waals surface area contributed by atoms with Gasteiger partial charge < -0.3 is 10.1 Å². The Hall–Kier alpha value is -2.77. The third-order valence-electron chi connectivity index (χ3n) is 4.80. The molecule has 158 valence electrons. The number of sulfone groups is 1. The number of alkyl halides is 2. The molecule has 0 heterocycles. The van der Waals surface area contributed by atoms with Crippen LogP contribution in [-0.4, -0.2) is 20.8 Å². The number of methoxy groups -OCH3 is 1. The first-order chi connectivity index (χ1) is 14.3. The zero-order valence-corrected chi connectivity index (χ0v) is 17.3. The molecule has 0 aliphatic heterocycles. The minimum absolute atomic E-state index is 0.297. The molecule has 30 heavy (non-hydrogen) atoms. The van der Waals surface area contributed by atoms with E-state index in [2.05, 4.69) is 5.32 Å². The van der Waals surface area contributed by atoms with Gasteiger partial charge in [-0.1, -0.05) is 60.7 Å². The lowest BCUT2D eigenvalue weighted by molar-refractivity contribution is 0.0688. The molecular formula is C23H23F2NO3S. The normalized spacial score (nSPS) is 13.0. The molecule has 1 N–H and O–H groups in total. The van der Waals surface area contributed by atoms with Crippen molar-refractivity contribution < 1.29 is 21.9 Å². The van der Waals surface area contributed by atoms with Crippen molar-refractivity contribution in [2.75, 3.05) is 7.11 Å². The molecule has 0 aliphatic rings. The van der Waals surface area contributed by atoms with E-state index in [9.17, 15) is 8.42 Å². The third-order valence-corrected chi connectivity index (χ3v) is 6.65. The predicted octanol–water partition coefficient (Wildman–Crippen LogP) is 4.98. The van der Waals surface area contributed by atoms with Gasteiger partial charge in [-0.2, -0.15) is 8.78 Å². The van der Waals surface area contributed by atoms with Crippen LogP contribution >= 0.6 is 0 Å². The molecule has 0 fully saturated rings. The van der Waals surface area contributed by atoms with E-state index in [1.807, 2.05) is 12.1 Å². The fraction of sp³-hybridized carbons (Fsp3) is 0.217. The Morgan fingerprint density at radius 3 is 2.03 bits per heavy atom. The standard InChI is InChI=1S/C23H23F2NO3S/c1-29-20-14-12-18(13-15-20)17-26-22(19-8-4-2-5-9-19)16-23(24,25)30(27,28)21-10-6-3-7-11-21/h2-15,22,26H,16-17H2,1H3/t22-/m1/s1. The average Bonchev–Trinajstić information content (AvgIpc) is 2.78. The fourth-order valence-electron chi connectivity index (χ4n) is 3.10. The molecule has 0 radical (unpaired) electrons. The molecule has 3 aromatic carbocycles. The second kappa shape index (κ2) is 9.36. The van der Waals surface area contributed by atoms with E-state index < -0.39 is 32.4 Å². The maximum atomic E-state index is 15.0.